The SMILES string of the molecule is COCc1nc2cc(NC3CCCN(c4cnn(C)c4)C3=O)ccc2o1. The van der Waals surface area contributed by atoms with E-state index >= 15 is 0 Å². The molecule has 1 aliphatic heterocycles. The third-order valence-electron chi connectivity index (χ3n) is 4.48. The van der Waals surface area contributed by atoms with Gasteiger partial charge in [0.1, 0.15) is 18.2 Å². The van der Waals surface area contributed by atoms with Crippen molar-refractivity contribution >= 4 is 28.4 Å². The van der Waals surface area contributed by atoms with Crippen molar-refractivity contribution < 1.29 is 13.9 Å². The number of oxazole rings is 1. The summed E-state index contributed by atoms with van der Waals surface area (Å²) in [6.07, 6.45) is 5.31. The van der Waals surface area contributed by atoms with Gasteiger partial charge in [-0.15, -0.1) is 0 Å². The third-order valence-corrected chi connectivity index (χ3v) is 4.48. The number of anilines is 2. The van der Waals surface area contributed by atoms with Crippen molar-refractivity contribution in [3.8, 4) is 0 Å². The zero-order chi connectivity index (χ0) is 18.1. The number of ether oxygens (including phenoxy) is 1. The van der Waals surface area contributed by atoms with E-state index in [1.165, 1.54) is 0 Å². The number of amides is 1. The van der Waals surface area contributed by atoms with Crippen molar-refractivity contribution in [2.75, 3.05) is 23.9 Å². The number of rotatable bonds is 5. The Morgan fingerprint density at radius 2 is 2.31 bits per heavy atom. The minimum atomic E-state index is -0.272. The number of nitrogens with zero attached hydrogens (tertiary/aromatic N) is 4. The molecule has 1 unspecified atom stereocenters. The molecule has 26 heavy (non-hydrogen) atoms. The van der Waals surface area contributed by atoms with Crippen LogP contribution in [0.5, 0.6) is 0 Å². The van der Waals surface area contributed by atoms with E-state index in [9.17, 15) is 4.79 Å². The molecule has 136 valence electrons. The van der Waals surface area contributed by atoms with Crippen LogP contribution in [0, 0.1) is 0 Å². The molecular formula is C18H21N5O3. The van der Waals surface area contributed by atoms with Gasteiger partial charge in [0.2, 0.25) is 11.8 Å². The molecule has 1 saturated heterocycles. The van der Waals surface area contributed by atoms with Crippen LogP contribution in [0.3, 0.4) is 0 Å². The Hall–Kier alpha value is -2.87. The van der Waals surface area contributed by atoms with Crippen molar-refractivity contribution in [1.29, 1.82) is 0 Å². The number of aryl methyl sites for hydroxylation is 1. The highest BCUT2D eigenvalue weighted by molar-refractivity contribution is 5.99. The second-order valence-electron chi connectivity index (χ2n) is 6.42. The van der Waals surface area contributed by atoms with Crippen LogP contribution in [0.1, 0.15) is 18.7 Å². The minimum Gasteiger partial charge on any atom is -0.438 e. The van der Waals surface area contributed by atoms with E-state index in [0.717, 1.165) is 29.7 Å². The summed E-state index contributed by atoms with van der Waals surface area (Å²) in [4.78, 5) is 19.1. The molecule has 1 fully saturated rings. The van der Waals surface area contributed by atoms with Crippen LogP contribution in [0.2, 0.25) is 0 Å². The van der Waals surface area contributed by atoms with Crippen LogP contribution in [0.4, 0.5) is 11.4 Å². The molecule has 3 heterocycles. The fourth-order valence-corrected chi connectivity index (χ4v) is 3.26. The quantitative estimate of drug-likeness (QED) is 0.756. The Kier molecular flexibility index (Phi) is 4.34. The first-order valence-electron chi connectivity index (χ1n) is 8.59. The molecule has 8 heteroatoms. The number of carbonyl (C=O) groups excluding carboxylic acids is 1. The maximum atomic E-state index is 12.9. The van der Waals surface area contributed by atoms with Crippen LogP contribution in [0.25, 0.3) is 11.1 Å². The number of fused-ring (bicyclic) bond motifs is 1. The molecule has 1 N–H and O–H groups in total. The summed E-state index contributed by atoms with van der Waals surface area (Å²) >= 11 is 0. The first-order chi connectivity index (χ1) is 12.6. The average Bonchev–Trinajstić information content (AvgIpc) is 3.22. The minimum absolute atomic E-state index is 0.0598. The summed E-state index contributed by atoms with van der Waals surface area (Å²) in [5, 5.41) is 7.50. The predicted octanol–water partition coefficient (Wildman–Crippen LogP) is 2.32. The molecule has 3 aromatic rings. The van der Waals surface area contributed by atoms with Gasteiger partial charge < -0.3 is 19.4 Å². The number of methoxy groups -OCH3 is 1. The predicted molar refractivity (Wildman–Crippen MR) is 96.9 cm³/mol. The molecule has 8 nitrogen and oxygen atoms in total. The van der Waals surface area contributed by atoms with Gasteiger partial charge in [-0.3, -0.25) is 9.48 Å². The second kappa shape index (κ2) is 6.80. The fraction of sp³-hybridized carbons (Fsp3) is 0.389. The number of aromatic nitrogens is 3. The van der Waals surface area contributed by atoms with Gasteiger partial charge in [-0.25, -0.2) is 4.98 Å². The molecule has 0 aliphatic carbocycles. The second-order valence-corrected chi connectivity index (χ2v) is 6.42. The highest BCUT2D eigenvalue weighted by Gasteiger charge is 2.30. The Morgan fingerprint density at radius 1 is 1.42 bits per heavy atom. The summed E-state index contributed by atoms with van der Waals surface area (Å²) in [6, 6.07) is 5.39. The van der Waals surface area contributed by atoms with Gasteiger partial charge in [-0.1, -0.05) is 0 Å². The molecular weight excluding hydrogens is 334 g/mol. The lowest BCUT2D eigenvalue weighted by Gasteiger charge is -2.32. The Labute approximate surface area is 150 Å². The summed E-state index contributed by atoms with van der Waals surface area (Å²) < 4.78 is 12.4. The van der Waals surface area contributed by atoms with E-state index in [0.29, 0.717) is 24.6 Å². The molecule has 0 bridgehead atoms. The number of hydrogen-bond acceptors (Lipinski definition) is 6. The van der Waals surface area contributed by atoms with Gasteiger partial charge in [0.25, 0.3) is 0 Å². The van der Waals surface area contributed by atoms with Crippen LogP contribution in [-0.4, -0.2) is 40.4 Å². The largest absolute Gasteiger partial charge is 0.438 e. The van der Waals surface area contributed by atoms with E-state index in [4.69, 9.17) is 9.15 Å². The van der Waals surface area contributed by atoms with Crippen molar-refractivity contribution in [2.45, 2.75) is 25.5 Å². The Morgan fingerprint density at radius 3 is 3.08 bits per heavy atom. The molecule has 0 saturated carbocycles. The smallest absolute Gasteiger partial charge is 0.249 e. The van der Waals surface area contributed by atoms with Gasteiger partial charge in [-0.2, -0.15) is 5.10 Å². The number of nitrogens with one attached hydrogen (secondary N) is 1. The maximum Gasteiger partial charge on any atom is 0.249 e. The van der Waals surface area contributed by atoms with Gasteiger partial charge in [0, 0.05) is 32.6 Å². The van der Waals surface area contributed by atoms with E-state index in [1.54, 1.807) is 22.9 Å². The molecule has 1 aliphatic rings. The van der Waals surface area contributed by atoms with E-state index in [2.05, 4.69) is 15.4 Å². The van der Waals surface area contributed by atoms with Crippen LogP contribution in [-0.2, 0) is 23.2 Å². The molecule has 1 atom stereocenters. The van der Waals surface area contributed by atoms with Gasteiger partial charge in [0.05, 0.1) is 11.9 Å². The van der Waals surface area contributed by atoms with E-state index in [-0.39, 0.29) is 11.9 Å². The van der Waals surface area contributed by atoms with Gasteiger partial charge in [0.15, 0.2) is 5.58 Å². The van der Waals surface area contributed by atoms with Crippen LogP contribution >= 0.6 is 0 Å². The lowest BCUT2D eigenvalue weighted by atomic mass is 10.0. The number of hydrogen-bond donors (Lipinski definition) is 1. The van der Waals surface area contributed by atoms with Crippen LogP contribution in [0.15, 0.2) is 35.0 Å². The van der Waals surface area contributed by atoms with Gasteiger partial charge in [-0.05, 0) is 31.0 Å². The lowest BCUT2D eigenvalue weighted by molar-refractivity contribution is -0.120. The summed E-state index contributed by atoms with van der Waals surface area (Å²) in [6.45, 7) is 1.05. The van der Waals surface area contributed by atoms with Crippen molar-refractivity contribution in [2.24, 2.45) is 7.05 Å². The maximum absolute atomic E-state index is 12.9. The summed E-state index contributed by atoms with van der Waals surface area (Å²) in [5.41, 5.74) is 3.13. The summed E-state index contributed by atoms with van der Waals surface area (Å²) in [5.74, 6) is 0.598. The highest BCUT2D eigenvalue weighted by Crippen LogP contribution is 2.25. The van der Waals surface area contributed by atoms with E-state index < -0.39 is 0 Å². The zero-order valence-corrected chi connectivity index (χ0v) is 14.8. The highest BCUT2D eigenvalue weighted by atomic mass is 16.5. The molecule has 1 aromatic carbocycles. The van der Waals surface area contributed by atoms with Crippen molar-refractivity contribution in [1.82, 2.24) is 14.8 Å². The topological polar surface area (TPSA) is 85.4 Å². The first kappa shape index (κ1) is 16.6. The first-order valence-corrected chi connectivity index (χ1v) is 8.59. The van der Waals surface area contributed by atoms with Crippen molar-refractivity contribution in [3.05, 3.63) is 36.5 Å². The van der Waals surface area contributed by atoms with Crippen molar-refractivity contribution in [3.63, 3.8) is 0 Å². The molecule has 0 radical (unpaired) electrons. The Bertz CT molecular complexity index is 932. The monoisotopic (exact) mass is 355 g/mol. The third kappa shape index (κ3) is 3.15. The lowest BCUT2D eigenvalue weighted by Crippen LogP contribution is -2.47. The zero-order valence-electron chi connectivity index (χ0n) is 14.8. The Balaban J connectivity index is 1.52. The molecule has 2 aromatic heterocycles. The normalized spacial score (nSPS) is 17.8. The fourth-order valence-electron chi connectivity index (χ4n) is 3.26. The number of piperidine rings is 1. The molecule has 0 spiro atoms. The standard InChI is InChI=1S/C18H21N5O3/c1-22-10-13(9-19-22)23-7-3-4-14(18(23)24)20-12-5-6-16-15(8-12)21-17(26-16)11-25-2/h5-6,8-10,14,20H,3-4,7,11H2,1-2H3. The van der Waals surface area contributed by atoms with Gasteiger partial charge >= 0.3 is 0 Å². The average molecular weight is 355 g/mol. The summed E-state index contributed by atoms with van der Waals surface area (Å²) in [7, 11) is 3.45. The molecule has 1 amide bonds. The van der Waals surface area contributed by atoms with Crippen LogP contribution < -0.4 is 10.2 Å². The molecule has 4 rings (SSSR count). The van der Waals surface area contributed by atoms with E-state index in [1.807, 2.05) is 31.4 Å². The number of carbonyl (C=O) groups is 1. The number of benzene rings is 1.